The third kappa shape index (κ3) is 2.71. The fraction of sp³-hybridized carbons (Fsp3) is 0.0714. The summed E-state index contributed by atoms with van der Waals surface area (Å²) in [5.74, 6) is 2.52. The molecule has 0 aliphatic rings. The number of aromatic nitrogens is 2. The predicted molar refractivity (Wildman–Crippen MR) is 69.1 cm³/mol. The molecule has 0 spiro atoms. The summed E-state index contributed by atoms with van der Waals surface area (Å²) >= 11 is 0. The summed E-state index contributed by atoms with van der Waals surface area (Å²) in [7, 11) is 0. The van der Waals surface area contributed by atoms with Gasteiger partial charge in [0.15, 0.2) is 0 Å². The van der Waals surface area contributed by atoms with Crippen molar-refractivity contribution in [3.05, 3.63) is 53.5 Å². The lowest BCUT2D eigenvalue weighted by atomic mass is 10.3. The van der Waals surface area contributed by atoms with Crippen molar-refractivity contribution in [2.24, 2.45) is 0 Å². The quantitative estimate of drug-likeness (QED) is 0.813. The number of nitrogens with one attached hydrogen (secondary N) is 1. The Balaban J connectivity index is 2.19. The Morgan fingerprint density at radius 3 is 2.72 bits per heavy atom. The first-order valence-corrected chi connectivity index (χ1v) is 5.38. The lowest BCUT2D eigenvalue weighted by molar-refractivity contribution is 0.102. The highest BCUT2D eigenvalue weighted by Crippen LogP contribution is 2.06. The van der Waals surface area contributed by atoms with Crippen LogP contribution in [0.2, 0.25) is 0 Å². The Bertz CT molecular complexity index is 629. The van der Waals surface area contributed by atoms with Crippen molar-refractivity contribution in [1.82, 2.24) is 9.97 Å². The summed E-state index contributed by atoms with van der Waals surface area (Å²) in [4.78, 5) is 20.1. The molecule has 0 saturated carbocycles. The lowest BCUT2D eigenvalue weighted by Crippen LogP contribution is -2.15. The zero-order chi connectivity index (χ0) is 13.0. The molecule has 88 valence electrons. The molecule has 0 aliphatic heterocycles. The summed E-state index contributed by atoms with van der Waals surface area (Å²) in [5.41, 5.74) is 1.61. The Labute approximate surface area is 105 Å². The molecular formula is C14H11N3O. The third-order valence-electron chi connectivity index (χ3n) is 2.26. The first kappa shape index (κ1) is 11.8. The molecule has 4 nitrogen and oxygen atoms in total. The normalized spacial score (nSPS) is 9.56. The molecule has 0 fully saturated rings. The highest BCUT2D eigenvalue weighted by Gasteiger charge is 2.08. The van der Waals surface area contributed by atoms with E-state index in [1.54, 1.807) is 30.3 Å². The molecule has 2 rings (SSSR count). The van der Waals surface area contributed by atoms with Crippen LogP contribution in [0.3, 0.4) is 0 Å². The van der Waals surface area contributed by atoms with E-state index in [-0.39, 0.29) is 5.91 Å². The van der Waals surface area contributed by atoms with Crippen LogP contribution in [0.25, 0.3) is 0 Å². The molecule has 2 aromatic rings. The summed E-state index contributed by atoms with van der Waals surface area (Å²) in [6, 6.07) is 10.4. The van der Waals surface area contributed by atoms with Crippen molar-refractivity contribution in [2.75, 3.05) is 5.32 Å². The van der Waals surface area contributed by atoms with Gasteiger partial charge in [0, 0.05) is 5.69 Å². The van der Waals surface area contributed by atoms with Gasteiger partial charge in [0.25, 0.3) is 5.91 Å². The van der Waals surface area contributed by atoms with E-state index in [4.69, 9.17) is 6.42 Å². The van der Waals surface area contributed by atoms with Gasteiger partial charge in [0.2, 0.25) is 0 Å². The molecule has 4 heteroatoms. The van der Waals surface area contributed by atoms with Crippen LogP contribution >= 0.6 is 0 Å². The zero-order valence-electron chi connectivity index (χ0n) is 9.84. The van der Waals surface area contributed by atoms with E-state index in [1.807, 2.05) is 13.0 Å². The van der Waals surface area contributed by atoms with Crippen molar-refractivity contribution < 1.29 is 4.79 Å². The molecule has 0 aliphatic carbocycles. The number of carbonyl (C=O) groups is 1. The van der Waals surface area contributed by atoms with Gasteiger partial charge in [-0.25, -0.2) is 9.97 Å². The number of rotatable bonds is 2. The number of terminal acetylenes is 1. The minimum Gasteiger partial charge on any atom is -0.305 e. The van der Waals surface area contributed by atoms with Crippen LogP contribution in [0.4, 0.5) is 5.82 Å². The van der Waals surface area contributed by atoms with Crippen LogP contribution in [0, 0.1) is 19.3 Å². The molecule has 0 saturated heterocycles. The minimum absolute atomic E-state index is 0.305. The summed E-state index contributed by atoms with van der Waals surface area (Å²) in [6.45, 7) is 1.83. The lowest BCUT2D eigenvalue weighted by Gasteiger charge is -2.04. The number of hydrogen-bond acceptors (Lipinski definition) is 3. The van der Waals surface area contributed by atoms with Gasteiger partial charge in [-0.1, -0.05) is 18.1 Å². The van der Waals surface area contributed by atoms with E-state index in [9.17, 15) is 4.79 Å². The van der Waals surface area contributed by atoms with Gasteiger partial charge in [-0.15, -0.1) is 6.42 Å². The van der Waals surface area contributed by atoms with E-state index in [0.29, 0.717) is 17.2 Å². The van der Waals surface area contributed by atoms with Gasteiger partial charge >= 0.3 is 0 Å². The number of carbonyl (C=O) groups excluding carboxylic acids is 1. The molecular weight excluding hydrogens is 226 g/mol. The monoisotopic (exact) mass is 237 g/mol. The van der Waals surface area contributed by atoms with Gasteiger partial charge < -0.3 is 5.32 Å². The predicted octanol–water partition coefficient (Wildman–Crippen LogP) is 2.02. The van der Waals surface area contributed by atoms with Crippen LogP contribution < -0.4 is 5.32 Å². The van der Waals surface area contributed by atoms with Crippen LogP contribution in [0.1, 0.15) is 21.9 Å². The maximum atomic E-state index is 11.9. The molecule has 2 aromatic heterocycles. The first-order valence-electron chi connectivity index (χ1n) is 5.38. The molecule has 0 aromatic carbocycles. The number of nitrogens with zero attached hydrogens (tertiary/aromatic N) is 2. The van der Waals surface area contributed by atoms with Crippen LogP contribution in [-0.4, -0.2) is 15.9 Å². The summed E-state index contributed by atoms with van der Waals surface area (Å²) in [5, 5.41) is 2.65. The van der Waals surface area contributed by atoms with E-state index in [1.165, 1.54) is 0 Å². The van der Waals surface area contributed by atoms with Gasteiger partial charge in [0.05, 0.1) is 0 Å². The van der Waals surface area contributed by atoms with Gasteiger partial charge in [-0.3, -0.25) is 4.79 Å². The fourth-order valence-corrected chi connectivity index (χ4v) is 1.43. The first-order chi connectivity index (χ1) is 8.69. The number of hydrogen-bond donors (Lipinski definition) is 1. The Morgan fingerprint density at radius 1 is 1.22 bits per heavy atom. The fourth-order valence-electron chi connectivity index (χ4n) is 1.43. The molecule has 2 heterocycles. The van der Waals surface area contributed by atoms with Crippen LogP contribution in [0.5, 0.6) is 0 Å². The second-order valence-electron chi connectivity index (χ2n) is 3.67. The molecule has 0 atom stereocenters. The van der Waals surface area contributed by atoms with E-state index >= 15 is 0 Å². The minimum atomic E-state index is -0.305. The number of amides is 1. The van der Waals surface area contributed by atoms with Gasteiger partial charge in [-0.05, 0) is 31.2 Å². The van der Waals surface area contributed by atoms with Crippen LogP contribution in [-0.2, 0) is 0 Å². The van der Waals surface area contributed by atoms with Crippen molar-refractivity contribution in [3.8, 4) is 12.3 Å². The average molecular weight is 237 g/mol. The Kier molecular flexibility index (Phi) is 3.35. The maximum Gasteiger partial charge on any atom is 0.275 e. The molecule has 18 heavy (non-hydrogen) atoms. The Hall–Kier alpha value is -2.67. The summed E-state index contributed by atoms with van der Waals surface area (Å²) in [6.07, 6.45) is 5.24. The molecule has 0 unspecified atom stereocenters. The number of anilines is 1. The summed E-state index contributed by atoms with van der Waals surface area (Å²) < 4.78 is 0. The standard InChI is InChI=1S/C14H11N3O/c1-3-11-7-5-9-13(16-11)17-14(18)12-8-4-6-10(2)15-12/h1,4-9H,2H3,(H,16,17,18). The second-order valence-corrected chi connectivity index (χ2v) is 3.67. The number of aryl methyl sites for hydroxylation is 1. The molecule has 1 amide bonds. The SMILES string of the molecule is C#Cc1cccc(NC(=O)c2cccc(C)n2)n1. The van der Waals surface area contributed by atoms with Crippen molar-refractivity contribution in [3.63, 3.8) is 0 Å². The number of pyridine rings is 2. The van der Waals surface area contributed by atoms with Crippen molar-refractivity contribution >= 4 is 11.7 Å². The largest absolute Gasteiger partial charge is 0.305 e. The smallest absolute Gasteiger partial charge is 0.275 e. The Morgan fingerprint density at radius 2 is 2.00 bits per heavy atom. The van der Waals surface area contributed by atoms with Gasteiger partial charge in [-0.2, -0.15) is 0 Å². The highest BCUT2D eigenvalue weighted by atomic mass is 16.1. The van der Waals surface area contributed by atoms with Crippen molar-refractivity contribution in [2.45, 2.75) is 6.92 Å². The average Bonchev–Trinajstić information content (AvgIpc) is 2.39. The van der Waals surface area contributed by atoms with E-state index < -0.39 is 0 Å². The highest BCUT2D eigenvalue weighted by molar-refractivity contribution is 6.02. The molecule has 1 N–H and O–H groups in total. The third-order valence-corrected chi connectivity index (χ3v) is 2.26. The molecule has 0 radical (unpaired) electrons. The van der Waals surface area contributed by atoms with E-state index in [2.05, 4.69) is 21.2 Å². The van der Waals surface area contributed by atoms with Crippen molar-refractivity contribution in [1.29, 1.82) is 0 Å². The second kappa shape index (κ2) is 5.11. The van der Waals surface area contributed by atoms with E-state index in [0.717, 1.165) is 5.69 Å². The zero-order valence-corrected chi connectivity index (χ0v) is 9.84. The topological polar surface area (TPSA) is 54.9 Å². The maximum absolute atomic E-state index is 11.9. The van der Waals surface area contributed by atoms with Crippen LogP contribution in [0.15, 0.2) is 36.4 Å². The van der Waals surface area contributed by atoms with Gasteiger partial charge in [0.1, 0.15) is 17.2 Å². The molecule has 0 bridgehead atoms.